The fourth-order valence-corrected chi connectivity index (χ4v) is 5.30. The summed E-state index contributed by atoms with van der Waals surface area (Å²) in [7, 11) is 1.17. The molecule has 9 heteroatoms. The van der Waals surface area contributed by atoms with Gasteiger partial charge in [0.05, 0.1) is 17.6 Å². The minimum Gasteiger partial charge on any atom is -0.380 e. The molecule has 0 bridgehead atoms. The summed E-state index contributed by atoms with van der Waals surface area (Å²) >= 11 is 0. The largest absolute Gasteiger partial charge is 0.414 e. The second kappa shape index (κ2) is 9.17. The minimum atomic E-state index is -4.68. The van der Waals surface area contributed by atoms with E-state index in [0.717, 1.165) is 11.3 Å². The molecule has 2 atom stereocenters. The number of hydrogen-bond acceptors (Lipinski definition) is 4. The number of carbonyl (C=O) groups excluding carboxylic acids is 2. The van der Waals surface area contributed by atoms with Crippen molar-refractivity contribution >= 4 is 17.5 Å². The predicted octanol–water partition coefficient (Wildman–Crippen LogP) is 4.86. The Hall–Kier alpha value is -3.10. The zero-order valence-corrected chi connectivity index (χ0v) is 20.3. The fourth-order valence-electron chi connectivity index (χ4n) is 5.30. The number of hydrogen-bond donors (Lipinski definition) is 2. The van der Waals surface area contributed by atoms with Gasteiger partial charge in [0.15, 0.2) is 6.04 Å². The van der Waals surface area contributed by atoms with Crippen LogP contribution in [-0.2, 0) is 21.4 Å². The molecule has 2 aliphatic carbocycles. The molecule has 2 aliphatic rings. The van der Waals surface area contributed by atoms with Crippen molar-refractivity contribution < 1.29 is 25.6 Å². The lowest BCUT2D eigenvalue weighted by Gasteiger charge is -2.39. The number of nitrogens with zero attached hydrogens (tertiary/aromatic N) is 2. The van der Waals surface area contributed by atoms with Gasteiger partial charge in [-0.1, -0.05) is 38.1 Å². The molecule has 2 amide bonds. The first-order chi connectivity index (χ1) is 16.4. The first kappa shape index (κ1) is 25.0. The topological polar surface area (TPSA) is 74.3 Å². The van der Waals surface area contributed by atoms with E-state index in [9.17, 15) is 22.8 Å². The molecule has 0 unspecified atom stereocenters. The summed E-state index contributed by atoms with van der Waals surface area (Å²) in [5.41, 5.74) is 2.77. The van der Waals surface area contributed by atoms with E-state index in [2.05, 4.69) is 41.6 Å². The smallest absolute Gasteiger partial charge is 0.380 e. The molecular weight excluding hydrogens is 457 g/mol. The molecule has 2 N–H and O–H groups in total. The van der Waals surface area contributed by atoms with Crippen LogP contribution in [0.1, 0.15) is 59.3 Å². The number of anilines is 1. The highest BCUT2D eigenvalue weighted by Crippen LogP contribution is 2.41. The average Bonchev–Trinajstić information content (AvgIpc) is 3.00. The summed E-state index contributed by atoms with van der Waals surface area (Å²) in [5.74, 6) is -1.36. The molecule has 1 fully saturated rings. The Morgan fingerprint density at radius 3 is 2.43 bits per heavy atom. The predicted molar refractivity (Wildman–Crippen MR) is 131 cm³/mol. The van der Waals surface area contributed by atoms with Crippen LogP contribution in [0.5, 0.6) is 0 Å². The minimum absolute atomic E-state index is 0. The molecule has 0 spiro atoms. The zero-order chi connectivity index (χ0) is 25.5. The SMILES string of the molecule is CC(=O)NC1CC(C(=O)N(C)[C@@H](c2ccc(N[C@H]3Cc4ccccc4C3(C)C)cn2)C(F)(F)F)C1.[HH].[HH]. The fraction of sp³-hybridized carbons (Fsp3) is 0.500. The molecule has 0 aliphatic heterocycles. The van der Waals surface area contributed by atoms with Gasteiger partial charge in [-0.2, -0.15) is 13.2 Å². The van der Waals surface area contributed by atoms with Crippen LogP contribution < -0.4 is 10.6 Å². The van der Waals surface area contributed by atoms with Gasteiger partial charge >= 0.3 is 6.18 Å². The standard InChI is InChI=1S/C26H31F3N4O2.2H2/c1-15(34)31-19-11-17(12-19)24(35)33(4)23(26(27,28)29)21-10-9-18(14-30-21)32-22-13-16-7-5-6-8-20(16)25(22,2)3;;/h5-10,14,17,19,22-23,32H,11-13H2,1-4H3,(H,31,34);2*1H/t17?,19?,22-,23-;;/m0../s1. The average molecular weight is 493 g/mol. The van der Waals surface area contributed by atoms with Crippen LogP contribution in [0.3, 0.4) is 0 Å². The molecule has 1 heterocycles. The molecule has 0 saturated heterocycles. The molecule has 1 saturated carbocycles. The zero-order valence-electron chi connectivity index (χ0n) is 20.3. The number of carbonyl (C=O) groups is 2. The second-order valence-electron chi connectivity index (χ2n) is 10.2. The number of fused-ring (bicyclic) bond motifs is 1. The summed E-state index contributed by atoms with van der Waals surface area (Å²) in [6, 6.07) is 8.91. The second-order valence-corrected chi connectivity index (χ2v) is 10.2. The third kappa shape index (κ3) is 4.99. The highest BCUT2D eigenvalue weighted by Gasteiger charge is 2.48. The Bertz CT molecular complexity index is 1110. The van der Waals surface area contributed by atoms with Crippen LogP contribution in [0, 0.1) is 5.92 Å². The Labute approximate surface area is 206 Å². The van der Waals surface area contributed by atoms with E-state index in [1.54, 1.807) is 6.07 Å². The van der Waals surface area contributed by atoms with E-state index in [1.165, 1.54) is 37.4 Å². The lowest BCUT2D eigenvalue weighted by molar-refractivity contribution is -0.192. The van der Waals surface area contributed by atoms with Crippen LogP contribution in [0.25, 0.3) is 0 Å². The molecule has 6 nitrogen and oxygen atoms in total. The number of alkyl halides is 3. The van der Waals surface area contributed by atoms with Crippen molar-refractivity contribution in [2.24, 2.45) is 5.92 Å². The molecule has 192 valence electrons. The van der Waals surface area contributed by atoms with Crippen LogP contribution in [0.2, 0.25) is 0 Å². The number of aromatic nitrogens is 1. The number of rotatable bonds is 6. The number of nitrogens with one attached hydrogen (secondary N) is 2. The summed E-state index contributed by atoms with van der Waals surface area (Å²) in [4.78, 5) is 28.8. The van der Waals surface area contributed by atoms with E-state index in [0.29, 0.717) is 18.5 Å². The number of benzene rings is 1. The molecule has 2 aromatic rings. The maximum atomic E-state index is 14.0. The Balaban J connectivity index is 0.00000241. The van der Waals surface area contributed by atoms with E-state index < -0.39 is 24.0 Å². The van der Waals surface area contributed by atoms with E-state index in [1.807, 2.05) is 12.1 Å². The first-order valence-corrected chi connectivity index (χ1v) is 11.8. The Morgan fingerprint density at radius 2 is 1.86 bits per heavy atom. The highest BCUT2D eigenvalue weighted by molar-refractivity contribution is 5.81. The van der Waals surface area contributed by atoms with Gasteiger partial charge in [0, 0.05) is 40.2 Å². The van der Waals surface area contributed by atoms with E-state index in [-0.39, 0.29) is 32.0 Å². The van der Waals surface area contributed by atoms with Gasteiger partial charge in [-0.15, -0.1) is 0 Å². The quantitative estimate of drug-likeness (QED) is 0.604. The van der Waals surface area contributed by atoms with Crippen molar-refractivity contribution in [1.82, 2.24) is 15.2 Å². The third-order valence-corrected chi connectivity index (χ3v) is 7.35. The number of pyridine rings is 1. The first-order valence-electron chi connectivity index (χ1n) is 11.8. The molecule has 1 aromatic carbocycles. The van der Waals surface area contributed by atoms with Crippen LogP contribution >= 0.6 is 0 Å². The van der Waals surface area contributed by atoms with Crippen LogP contribution in [-0.4, -0.2) is 47.0 Å². The maximum absolute atomic E-state index is 14.0. The van der Waals surface area contributed by atoms with Crippen molar-refractivity contribution in [3.63, 3.8) is 0 Å². The molecule has 0 radical (unpaired) electrons. The van der Waals surface area contributed by atoms with Crippen molar-refractivity contribution in [2.75, 3.05) is 12.4 Å². The van der Waals surface area contributed by atoms with E-state index in [4.69, 9.17) is 0 Å². The van der Waals surface area contributed by atoms with Crippen molar-refractivity contribution in [2.45, 2.75) is 69.8 Å². The van der Waals surface area contributed by atoms with Crippen molar-refractivity contribution in [3.8, 4) is 0 Å². The summed E-state index contributed by atoms with van der Waals surface area (Å²) in [6.07, 6.45) is -1.79. The monoisotopic (exact) mass is 492 g/mol. The molecule has 1 aromatic heterocycles. The number of amides is 2. The lowest BCUT2D eigenvalue weighted by Crippen LogP contribution is -2.51. The van der Waals surface area contributed by atoms with Gasteiger partial charge in [0.25, 0.3) is 0 Å². The highest BCUT2D eigenvalue weighted by atomic mass is 19.4. The molecule has 35 heavy (non-hydrogen) atoms. The van der Waals surface area contributed by atoms with Crippen LogP contribution in [0.4, 0.5) is 18.9 Å². The van der Waals surface area contributed by atoms with Gasteiger partial charge in [-0.25, -0.2) is 0 Å². The normalized spacial score (nSPS) is 23.6. The molecule has 4 rings (SSSR count). The number of halogens is 3. The maximum Gasteiger partial charge on any atom is 0.414 e. The summed E-state index contributed by atoms with van der Waals surface area (Å²) in [6.45, 7) is 5.67. The van der Waals surface area contributed by atoms with Gasteiger partial charge < -0.3 is 15.5 Å². The Morgan fingerprint density at radius 1 is 1.17 bits per heavy atom. The summed E-state index contributed by atoms with van der Waals surface area (Å²) in [5, 5.41) is 6.12. The summed E-state index contributed by atoms with van der Waals surface area (Å²) < 4.78 is 42.1. The van der Waals surface area contributed by atoms with E-state index >= 15 is 0 Å². The molecular formula is C26H35F3N4O2. The Kier molecular flexibility index (Phi) is 6.55. The third-order valence-electron chi connectivity index (χ3n) is 7.35. The van der Waals surface area contributed by atoms with Gasteiger partial charge in [0.1, 0.15) is 0 Å². The van der Waals surface area contributed by atoms with Gasteiger partial charge in [-0.05, 0) is 42.5 Å². The lowest BCUT2D eigenvalue weighted by atomic mass is 9.79. The van der Waals surface area contributed by atoms with Gasteiger partial charge in [0.2, 0.25) is 11.8 Å². The van der Waals surface area contributed by atoms with Crippen LogP contribution in [0.15, 0.2) is 42.6 Å². The van der Waals surface area contributed by atoms with Gasteiger partial charge in [-0.3, -0.25) is 14.6 Å². The van der Waals surface area contributed by atoms with Crippen molar-refractivity contribution in [3.05, 3.63) is 59.4 Å². The van der Waals surface area contributed by atoms with Crippen molar-refractivity contribution in [1.29, 1.82) is 0 Å².